The fourth-order valence-corrected chi connectivity index (χ4v) is 1.84. The average Bonchev–Trinajstić information content (AvgIpc) is 3.08. The van der Waals surface area contributed by atoms with Gasteiger partial charge in [0, 0.05) is 6.20 Å². The predicted molar refractivity (Wildman–Crippen MR) is 60.9 cm³/mol. The molecule has 2 heterocycles. The fourth-order valence-electron chi connectivity index (χ4n) is 1.84. The fraction of sp³-hybridized carbons (Fsp3) is 0.417. The summed E-state index contributed by atoms with van der Waals surface area (Å²) in [5.74, 6) is 0.318. The number of carbonyl (C=O) groups is 1. The minimum atomic E-state index is -0.468. The third-order valence-electron chi connectivity index (χ3n) is 2.86. The van der Waals surface area contributed by atoms with Crippen LogP contribution in [0, 0.1) is 0 Å². The lowest BCUT2D eigenvalue weighted by atomic mass is 10.2. The Bertz CT molecular complexity index is 572. The van der Waals surface area contributed by atoms with Crippen molar-refractivity contribution in [3.8, 4) is 0 Å². The average molecular weight is 231 g/mol. The van der Waals surface area contributed by atoms with Gasteiger partial charge in [-0.15, -0.1) is 5.10 Å². The van der Waals surface area contributed by atoms with Crippen molar-refractivity contribution in [2.45, 2.75) is 25.7 Å². The maximum Gasteiger partial charge on any atom is 0.378 e. The Morgan fingerprint density at radius 3 is 3.06 bits per heavy atom. The summed E-state index contributed by atoms with van der Waals surface area (Å²) < 4.78 is 6.52. The summed E-state index contributed by atoms with van der Waals surface area (Å²) in [5.41, 5.74) is 1.94. The van der Waals surface area contributed by atoms with Gasteiger partial charge in [-0.25, -0.2) is 14.3 Å². The molecule has 5 nitrogen and oxygen atoms in total. The molecule has 0 atom stereocenters. The number of nitrogens with zero attached hydrogens (tertiary/aromatic N) is 3. The van der Waals surface area contributed by atoms with Gasteiger partial charge in [-0.3, -0.25) is 0 Å². The monoisotopic (exact) mass is 231 g/mol. The topological polar surface area (TPSA) is 56.5 Å². The summed E-state index contributed by atoms with van der Waals surface area (Å²) in [5, 5.41) is 4.13. The number of carbonyl (C=O) groups excluding carboxylic acids is 1. The van der Waals surface area contributed by atoms with Crippen LogP contribution in [-0.4, -0.2) is 27.2 Å². The number of rotatable bonds is 3. The first kappa shape index (κ1) is 10.3. The normalized spacial score (nSPS) is 15.1. The number of pyridine rings is 1. The molecule has 0 N–H and O–H groups in total. The number of esters is 1. The van der Waals surface area contributed by atoms with E-state index in [0.717, 1.165) is 0 Å². The molecule has 1 saturated carbocycles. The third kappa shape index (κ3) is 1.88. The molecule has 5 heteroatoms. The van der Waals surface area contributed by atoms with E-state index in [4.69, 9.17) is 4.74 Å². The Labute approximate surface area is 98.4 Å². The molecule has 2 aromatic rings. The molecule has 1 fully saturated rings. The van der Waals surface area contributed by atoms with Gasteiger partial charge in [-0.2, -0.15) is 0 Å². The van der Waals surface area contributed by atoms with Crippen molar-refractivity contribution >= 4 is 11.6 Å². The lowest BCUT2D eigenvalue weighted by Gasteiger charge is -1.97. The molecular weight excluding hydrogens is 218 g/mol. The van der Waals surface area contributed by atoms with Crippen LogP contribution in [0.3, 0.4) is 0 Å². The van der Waals surface area contributed by atoms with Crippen molar-refractivity contribution in [1.82, 2.24) is 14.6 Å². The maximum absolute atomic E-state index is 11.5. The van der Waals surface area contributed by atoms with Crippen molar-refractivity contribution in [2.24, 2.45) is 0 Å². The van der Waals surface area contributed by atoms with Crippen LogP contribution in [0.4, 0.5) is 0 Å². The van der Waals surface area contributed by atoms with Crippen molar-refractivity contribution in [3.05, 3.63) is 29.7 Å². The van der Waals surface area contributed by atoms with Gasteiger partial charge < -0.3 is 4.74 Å². The van der Waals surface area contributed by atoms with Crippen LogP contribution in [0.15, 0.2) is 18.3 Å². The molecule has 3 rings (SSSR count). The van der Waals surface area contributed by atoms with Gasteiger partial charge in [0.1, 0.15) is 0 Å². The summed E-state index contributed by atoms with van der Waals surface area (Å²) in [6, 6.07) is 3.94. The van der Waals surface area contributed by atoms with Gasteiger partial charge in [0.2, 0.25) is 0 Å². The smallest absolute Gasteiger partial charge is 0.378 e. The Morgan fingerprint density at radius 1 is 1.53 bits per heavy atom. The van der Waals surface area contributed by atoms with Crippen LogP contribution in [0.5, 0.6) is 0 Å². The second-order valence-corrected chi connectivity index (χ2v) is 4.20. The minimum Gasteiger partial charge on any atom is -0.460 e. The largest absolute Gasteiger partial charge is 0.460 e. The zero-order chi connectivity index (χ0) is 11.8. The van der Waals surface area contributed by atoms with E-state index >= 15 is 0 Å². The van der Waals surface area contributed by atoms with Crippen LogP contribution in [-0.2, 0) is 4.74 Å². The summed E-state index contributed by atoms with van der Waals surface area (Å²) in [6.07, 6.45) is 4.43. The number of ether oxygens (including phenoxy) is 1. The molecule has 0 unspecified atom stereocenters. The molecule has 0 aromatic carbocycles. The molecule has 0 amide bonds. The van der Waals surface area contributed by atoms with E-state index in [1.54, 1.807) is 11.4 Å². The van der Waals surface area contributed by atoms with Gasteiger partial charge in [-0.1, -0.05) is 6.07 Å². The first-order valence-corrected chi connectivity index (χ1v) is 5.81. The van der Waals surface area contributed by atoms with Gasteiger partial charge in [0.15, 0.2) is 5.65 Å². The highest BCUT2D eigenvalue weighted by molar-refractivity contribution is 5.85. The van der Waals surface area contributed by atoms with Gasteiger partial charge in [-0.05, 0) is 37.3 Å². The highest BCUT2D eigenvalue weighted by Crippen LogP contribution is 2.39. The van der Waals surface area contributed by atoms with Crippen LogP contribution < -0.4 is 0 Å². The second-order valence-electron chi connectivity index (χ2n) is 4.20. The van der Waals surface area contributed by atoms with E-state index in [-0.39, 0.29) is 5.82 Å². The highest BCUT2D eigenvalue weighted by Gasteiger charge is 2.24. The number of fused-ring (bicyclic) bond motifs is 1. The standard InChI is InChI=1S/C12H13N3O2/c1-2-17-12(16)11-13-10-6-5-9(8-3-4-8)7-15(10)14-11/h5-8H,2-4H2,1H3. The molecule has 17 heavy (non-hydrogen) atoms. The molecule has 1 aliphatic rings. The zero-order valence-corrected chi connectivity index (χ0v) is 9.59. The molecule has 0 aliphatic heterocycles. The molecule has 1 aliphatic carbocycles. The summed E-state index contributed by atoms with van der Waals surface area (Å²) >= 11 is 0. The van der Waals surface area contributed by atoms with Crippen LogP contribution in [0.1, 0.15) is 41.9 Å². The molecule has 0 spiro atoms. The van der Waals surface area contributed by atoms with E-state index in [0.29, 0.717) is 18.2 Å². The van der Waals surface area contributed by atoms with E-state index in [1.165, 1.54) is 18.4 Å². The van der Waals surface area contributed by atoms with Crippen LogP contribution >= 0.6 is 0 Å². The van der Waals surface area contributed by atoms with Crippen molar-refractivity contribution < 1.29 is 9.53 Å². The number of hydrogen-bond acceptors (Lipinski definition) is 4. The second kappa shape index (κ2) is 3.84. The van der Waals surface area contributed by atoms with Crippen molar-refractivity contribution in [1.29, 1.82) is 0 Å². The lowest BCUT2D eigenvalue weighted by Crippen LogP contribution is -2.06. The Hall–Kier alpha value is -1.91. The van der Waals surface area contributed by atoms with Crippen LogP contribution in [0.25, 0.3) is 5.65 Å². The molecule has 0 saturated heterocycles. The highest BCUT2D eigenvalue weighted by atomic mass is 16.5. The summed E-state index contributed by atoms with van der Waals surface area (Å²) in [7, 11) is 0. The Kier molecular flexibility index (Phi) is 2.31. The zero-order valence-electron chi connectivity index (χ0n) is 9.59. The van der Waals surface area contributed by atoms with E-state index < -0.39 is 5.97 Å². The van der Waals surface area contributed by atoms with Gasteiger partial charge in [0.25, 0.3) is 5.82 Å². The first-order chi connectivity index (χ1) is 8.28. The van der Waals surface area contributed by atoms with Crippen molar-refractivity contribution in [3.63, 3.8) is 0 Å². The molecular formula is C12H13N3O2. The van der Waals surface area contributed by atoms with E-state index in [2.05, 4.69) is 16.1 Å². The lowest BCUT2D eigenvalue weighted by molar-refractivity contribution is 0.0512. The number of aromatic nitrogens is 3. The number of hydrogen-bond donors (Lipinski definition) is 0. The van der Waals surface area contributed by atoms with E-state index in [9.17, 15) is 4.79 Å². The van der Waals surface area contributed by atoms with Crippen molar-refractivity contribution in [2.75, 3.05) is 6.61 Å². The van der Waals surface area contributed by atoms with Gasteiger partial charge >= 0.3 is 5.97 Å². The molecule has 88 valence electrons. The predicted octanol–water partition coefficient (Wildman–Crippen LogP) is 1.78. The summed E-state index contributed by atoms with van der Waals surface area (Å²) in [6.45, 7) is 2.10. The quantitative estimate of drug-likeness (QED) is 0.755. The Morgan fingerprint density at radius 2 is 2.35 bits per heavy atom. The molecule has 0 radical (unpaired) electrons. The van der Waals surface area contributed by atoms with Gasteiger partial charge in [0.05, 0.1) is 6.61 Å². The minimum absolute atomic E-state index is 0.125. The maximum atomic E-state index is 11.5. The SMILES string of the molecule is CCOC(=O)c1nc2ccc(C3CC3)cn2n1. The van der Waals surface area contributed by atoms with E-state index in [1.807, 2.05) is 12.3 Å². The first-order valence-electron chi connectivity index (χ1n) is 5.81. The Balaban J connectivity index is 1.97. The third-order valence-corrected chi connectivity index (χ3v) is 2.86. The molecule has 0 bridgehead atoms. The van der Waals surface area contributed by atoms with Crippen LogP contribution in [0.2, 0.25) is 0 Å². The molecule has 2 aromatic heterocycles. The summed E-state index contributed by atoms with van der Waals surface area (Å²) in [4.78, 5) is 15.6.